The highest BCUT2D eigenvalue weighted by molar-refractivity contribution is 9.10. The fourth-order valence-electron chi connectivity index (χ4n) is 1.95. The quantitative estimate of drug-likeness (QED) is 0.660. The summed E-state index contributed by atoms with van der Waals surface area (Å²) in [5, 5.41) is 4.07. The van der Waals surface area contributed by atoms with Gasteiger partial charge in [0, 0.05) is 16.0 Å². The number of halogens is 2. The molecule has 0 saturated carbocycles. The third-order valence-electron chi connectivity index (χ3n) is 3.14. The van der Waals surface area contributed by atoms with Gasteiger partial charge in [0.2, 0.25) is 0 Å². The summed E-state index contributed by atoms with van der Waals surface area (Å²) >= 11 is 9.77. The number of hydrogen-bond acceptors (Lipinski definition) is 2. The van der Waals surface area contributed by atoms with E-state index in [2.05, 4.69) is 28.2 Å². The summed E-state index contributed by atoms with van der Waals surface area (Å²) in [4.78, 5) is 0. The van der Waals surface area contributed by atoms with Crippen molar-refractivity contribution in [1.82, 2.24) is 5.32 Å². The number of benzene rings is 2. The Morgan fingerprint density at radius 2 is 2.00 bits per heavy atom. The molecule has 2 aromatic rings. The molecule has 0 aromatic heterocycles. The highest BCUT2D eigenvalue weighted by Crippen LogP contribution is 2.30. The summed E-state index contributed by atoms with van der Waals surface area (Å²) < 4.78 is 6.91. The van der Waals surface area contributed by atoms with Crippen LogP contribution in [0.5, 0.6) is 11.5 Å². The van der Waals surface area contributed by atoms with Crippen LogP contribution in [0.3, 0.4) is 0 Å². The van der Waals surface area contributed by atoms with E-state index in [4.69, 9.17) is 16.3 Å². The van der Waals surface area contributed by atoms with Crippen molar-refractivity contribution in [2.45, 2.75) is 26.8 Å². The Bertz CT molecular complexity index is 616. The first-order valence-electron chi connectivity index (χ1n) is 7.03. The standard InChI is InChI=1S/C17H19BrClNO/c1-3-8-20-11-13-5-7-15(10-16(13)19)21-17-9-14(18)6-4-12(17)2/h4-7,9-10,20H,3,8,11H2,1-2H3. The normalized spacial score (nSPS) is 10.7. The molecule has 0 spiro atoms. The number of ether oxygens (including phenoxy) is 1. The van der Waals surface area contributed by atoms with Gasteiger partial charge in [-0.1, -0.05) is 46.6 Å². The van der Waals surface area contributed by atoms with Crippen molar-refractivity contribution < 1.29 is 4.74 Å². The zero-order valence-corrected chi connectivity index (χ0v) is 14.6. The molecule has 112 valence electrons. The summed E-state index contributed by atoms with van der Waals surface area (Å²) in [6.07, 6.45) is 1.11. The van der Waals surface area contributed by atoms with Crippen molar-refractivity contribution in [3.8, 4) is 11.5 Å². The number of hydrogen-bond donors (Lipinski definition) is 1. The molecule has 0 fully saturated rings. The first-order valence-corrected chi connectivity index (χ1v) is 8.20. The smallest absolute Gasteiger partial charge is 0.131 e. The molecule has 0 heterocycles. The van der Waals surface area contributed by atoms with Gasteiger partial charge in [-0.3, -0.25) is 0 Å². The van der Waals surface area contributed by atoms with Crippen molar-refractivity contribution in [1.29, 1.82) is 0 Å². The van der Waals surface area contributed by atoms with Crippen LogP contribution in [0.1, 0.15) is 24.5 Å². The minimum atomic E-state index is 0.726. The molecule has 0 atom stereocenters. The molecular formula is C17H19BrClNO. The van der Waals surface area contributed by atoms with E-state index in [0.29, 0.717) is 0 Å². The average Bonchev–Trinajstić information content (AvgIpc) is 2.45. The van der Waals surface area contributed by atoms with E-state index >= 15 is 0 Å². The van der Waals surface area contributed by atoms with E-state index < -0.39 is 0 Å². The Morgan fingerprint density at radius 1 is 1.19 bits per heavy atom. The van der Waals surface area contributed by atoms with Gasteiger partial charge < -0.3 is 10.1 Å². The van der Waals surface area contributed by atoms with E-state index in [0.717, 1.165) is 51.6 Å². The monoisotopic (exact) mass is 367 g/mol. The van der Waals surface area contributed by atoms with Gasteiger partial charge in [-0.15, -0.1) is 0 Å². The Hall–Kier alpha value is -1.03. The van der Waals surface area contributed by atoms with Crippen LogP contribution in [0.4, 0.5) is 0 Å². The van der Waals surface area contributed by atoms with Crippen molar-refractivity contribution in [2.24, 2.45) is 0 Å². The fraction of sp³-hybridized carbons (Fsp3) is 0.294. The third kappa shape index (κ3) is 4.73. The van der Waals surface area contributed by atoms with Gasteiger partial charge in [-0.25, -0.2) is 0 Å². The number of rotatable bonds is 6. The van der Waals surface area contributed by atoms with E-state index in [1.165, 1.54) is 0 Å². The summed E-state index contributed by atoms with van der Waals surface area (Å²) in [6.45, 7) is 5.94. The molecule has 0 unspecified atom stereocenters. The van der Waals surface area contributed by atoms with Crippen LogP contribution in [-0.2, 0) is 6.54 Å². The van der Waals surface area contributed by atoms with Crippen LogP contribution in [-0.4, -0.2) is 6.54 Å². The molecule has 0 aliphatic rings. The highest BCUT2D eigenvalue weighted by atomic mass is 79.9. The van der Waals surface area contributed by atoms with E-state index in [-0.39, 0.29) is 0 Å². The van der Waals surface area contributed by atoms with Crippen molar-refractivity contribution in [3.05, 3.63) is 57.0 Å². The van der Waals surface area contributed by atoms with Crippen molar-refractivity contribution in [2.75, 3.05) is 6.54 Å². The third-order valence-corrected chi connectivity index (χ3v) is 3.99. The average molecular weight is 369 g/mol. The van der Waals surface area contributed by atoms with Crippen molar-refractivity contribution in [3.63, 3.8) is 0 Å². The van der Waals surface area contributed by atoms with Gasteiger partial charge in [0.05, 0.1) is 0 Å². The predicted molar refractivity (Wildman–Crippen MR) is 92.4 cm³/mol. The first kappa shape index (κ1) is 16.3. The Labute approximate surface area is 139 Å². The molecule has 2 nitrogen and oxygen atoms in total. The molecule has 0 bridgehead atoms. The molecule has 4 heteroatoms. The van der Waals surface area contributed by atoms with Gasteiger partial charge in [-0.05, 0) is 55.3 Å². The Balaban J connectivity index is 2.11. The van der Waals surface area contributed by atoms with E-state index in [1.807, 2.05) is 43.3 Å². The van der Waals surface area contributed by atoms with Crippen LogP contribution in [0.25, 0.3) is 0 Å². The van der Waals surface area contributed by atoms with Crippen LogP contribution in [0, 0.1) is 6.92 Å². The number of nitrogens with one attached hydrogen (secondary N) is 1. The van der Waals surface area contributed by atoms with Gasteiger partial charge >= 0.3 is 0 Å². The molecule has 0 amide bonds. The molecule has 1 N–H and O–H groups in total. The predicted octanol–water partition coefficient (Wildman–Crippen LogP) is 5.70. The SMILES string of the molecule is CCCNCc1ccc(Oc2cc(Br)ccc2C)cc1Cl. The first-order chi connectivity index (χ1) is 10.1. The summed E-state index contributed by atoms with van der Waals surface area (Å²) in [5.74, 6) is 1.58. The van der Waals surface area contributed by atoms with Crippen LogP contribution >= 0.6 is 27.5 Å². The van der Waals surface area contributed by atoms with Crippen molar-refractivity contribution >= 4 is 27.5 Å². The maximum Gasteiger partial charge on any atom is 0.131 e. The Morgan fingerprint density at radius 3 is 2.71 bits per heavy atom. The second-order valence-electron chi connectivity index (χ2n) is 4.94. The lowest BCUT2D eigenvalue weighted by atomic mass is 10.2. The molecule has 0 radical (unpaired) electrons. The minimum Gasteiger partial charge on any atom is -0.457 e. The molecular weight excluding hydrogens is 350 g/mol. The maximum absolute atomic E-state index is 6.32. The topological polar surface area (TPSA) is 21.3 Å². The lowest BCUT2D eigenvalue weighted by Gasteiger charge is -2.11. The summed E-state index contributed by atoms with van der Waals surface area (Å²) in [7, 11) is 0. The Kier molecular flexibility index (Phi) is 6.09. The second-order valence-corrected chi connectivity index (χ2v) is 6.26. The number of aryl methyl sites for hydroxylation is 1. The lowest BCUT2D eigenvalue weighted by molar-refractivity contribution is 0.478. The zero-order chi connectivity index (χ0) is 15.2. The molecule has 21 heavy (non-hydrogen) atoms. The summed E-state index contributed by atoms with van der Waals surface area (Å²) in [5.41, 5.74) is 2.17. The van der Waals surface area contributed by atoms with Crippen LogP contribution in [0.2, 0.25) is 5.02 Å². The maximum atomic E-state index is 6.32. The van der Waals surface area contributed by atoms with Crippen LogP contribution < -0.4 is 10.1 Å². The molecule has 0 saturated heterocycles. The zero-order valence-electron chi connectivity index (χ0n) is 12.2. The van der Waals surface area contributed by atoms with E-state index in [1.54, 1.807) is 0 Å². The second kappa shape index (κ2) is 7.83. The molecule has 2 aromatic carbocycles. The summed E-state index contributed by atoms with van der Waals surface area (Å²) in [6, 6.07) is 11.8. The van der Waals surface area contributed by atoms with Gasteiger partial charge in [-0.2, -0.15) is 0 Å². The fourth-order valence-corrected chi connectivity index (χ4v) is 2.52. The molecule has 0 aliphatic carbocycles. The van der Waals surface area contributed by atoms with Gasteiger partial charge in [0.1, 0.15) is 11.5 Å². The van der Waals surface area contributed by atoms with E-state index in [9.17, 15) is 0 Å². The highest BCUT2D eigenvalue weighted by Gasteiger charge is 2.06. The lowest BCUT2D eigenvalue weighted by Crippen LogP contribution is -2.13. The minimum absolute atomic E-state index is 0.726. The molecule has 0 aliphatic heterocycles. The largest absolute Gasteiger partial charge is 0.457 e. The van der Waals surface area contributed by atoms with Crippen LogP contribution in [0.15, 0.2) is 40.9 Å². The van der Waals surface area contributed by atoms with Gasteiger partial charge in [0.15, 0.2) is 0 Å². The van der Waals surface area contributed by atoms with Gasteiger partial charge in [0.25, 0.3) is 0 Å². The molecule has 2 rings (SSSR count).